The van der Waals surface area contributed by atoms with Crippen molar-refractivity contribution in [3.05, 3.63) is 63.0 Å². The summed E-state index contributed by atoms with van der Waals surface area (Å²) in [6.45, 7) is 8.75. The fourth-order valence-electron chi connectivity index (χ4n) is 7.44. The minimum absolute atomic E-state index is 0.0944. The van der Waals surface area contributed by atoms with Crippen molar-refractivity contribution in [3.8, 4) is 0 Å². The first-order valence-electron chi connectivity index (χ1n) is 15.0. The average Bonchev–Trinajstić information content (AvgIpc) is 3.46. The number of amidine groups is 1. The minimum atomic E-state index is -0.723. The van der Waals surface area contributed by atoms with Crippen LogP contribution in [0.5, 0.6) is 0 Å². The fourth-order valence-corrected chi connectivity index (χ4v) is 8.03. The third-order valence-corrected chi connectivity index (χ3v) is 10.3. The highest BCUT2D eigenvalue weighted by Crippen LogP contribution is 2.76. The summed E-state index contributed by atoms with van der Waals surface area (Å²) in [5.41, 5.74) is 2.72. The van der Waals surface area contributed by atoms with Crippen LogP contribution >= 0.6 is 11.3 Å². The molecule has 6 rings (SSSR count). The van der Waals surface area contributed by atoms with Crippen molar-refractivity contribution in [2.45, 2.75) is 78.7 Å². The Morgan fingerprint density at radius 1 is 1.24 bits per heavy atom. The van der Waals surface area contributed by atoms with Gasteiger partial charge in [0.1, 0.15) is 17.6 Å². The number of rotatable bonds is 14. The number of ether oxygens (including phenoxy) is 2. The lowest BCUT2D eigenvalue weighted by atomic mass is 9.32. The third kappa shape index (κ3) is 5.82. The molecule has 2 aromatic rings. The van der Waals surface area contributed by atoms with E-state index in [0.29, 0.717) is 57.3 Å². The van der Waals surface area contributed by atoms with E-state index in [9.17, 15) is 14.0 Å². The van der Waals surface area contributed by atoms with Gasteiger partial charge in [-0.25, -0.2) is 14.2 Å². The molecule has 3 aliphatic carbocycles. The summed E-state index contributed by atoms with van der Waals surface area (Å²) < 4.78 is 25.5. The molecule has 42 heavy (non-hydrogen) atoms. The van der Waals surface area contributed by atoms with Gasteiger partial charge in [-0.05, 0) is 86.3 Å². The number of aromatic nitrogens is 1. The molecular formula is C33H42FN3O4S. The Bertz CT molecular complexity index is 1370. The molecule has 0 amide bonds. The fraction of sp³-hybridized carbons (Fsp3) is 0.576. The number of hydrogen-bond donors (Lipinski definition) is 1. The van der Waals surface area contributed by atoms with Crippen molar-refractivity contribution in [2.75, 3.05) is 20.3 Å². The summed E-state index contributed by atoms with van der Waals surface area (Å²) in [5, 5.41) is 5.96. The molecule has 2 unspecified atom stereocenters. The van der Waals surface area contributed by atoms with Gasteiger partial charge in [-0.15, -0.1) is 11.3 Å². The number of methoxy groups -OCH3 is 1. The van der Waals surface area contributed by atoms with E-state index in [1.54, 1.807) is 33.2 Å². The molecule has 3 atom stereocenters. The number of carbonyl (C=O) groups is 2. The van der Waals surface area contributed by atoms with Crippen molar-refractivity contribution in [1.82, 2.24) is 10.3 Å². The predicted octanol–water partition coefficient (Wildman–Crippen LogP) is 6.72. The Labute approximate surface area is 252 Å². The van der Waals surface area contributed by atoms with E-state index in [1.165, 1.54) is 17.4 Å². The molecule has 1 aliphatic heterocycles. The number of thiazole rings is 1. The lowest BCUT2D eigenvalue weighted by molar-refractivity contribution is -0.248. The highest BCUT2D eigenvalue weighted by atomic mass is 32.1. The Morgan fingerprint density at radius 3 is 2.67 bits per heavy atom. The van der Waals surface area contributed by atoms with Gasteiger partial charge >= 0.3 is 5.97 Å². The number of halogens is 1. The lowest BCUT2D eigenvalue weighted by Gasteiger charge is -2.72. The molecule has 9 heteroatoms. The van der Waals surface area contributed by atoms with Gasteiger partial charge in [-0.3, -0.25) is 9.79 Å². The molecule has 2 heterocycles. The molecular weight excluding hydrogens is 553 g/mol. The van der Waals surface area contributed by atoms with Gasteiger partial charge in [0.05, 0.1) is 18.8 Å². The molecule has 1 aromatic heterocycles. The minimum Gasteiger partial charge on any atom is -0.463 e. The molecule has 0 saturated heterocycles. The Hall–Kier alpha value is -2.91. The van der Waals surface area contributed by atoms with E-state index in [1.807, 2.05) is 11.4 Å². The van der Waals surface area contributed by atoms with Crippen molar-refractivity contribution in [2.24, 2.45) is 27.7 Å². The van der Waals surface area contributed by atoms with Crippen LogP contribution < -0.4 is 5.32 Å². The zero-order valence-corrected chi connectivity index (χ0v) is 26.1. The first-order valence-corrected chi connectivity index (χ1v) is 15.9. The van der Waals surface area contributed by atoms with Crippen LogP contribution in [-0.2, 0) is 19.1 Å². The van der Waals surface area contributed by atoms with Crippen LogP contribution in [0.2, 0.25) is 0 Å². The van der Waals surface area contributed by atoms with Crippen LogP contribution in [0.15, 0.2) is 46.0 Å². The average molecular weight is 596 g/mol. The van der Waals surface area contributed by atoms with E-state index in [2.05, 4.69) is 24.1 Å². The van der Waals surface area contributed by atoms with Crippen LogP contribution in [0.3, 0.4) is 0 Å². The maximum absolute atomic E-state index is 14.7. The first kappa shape index (κ1) is 30.5. The van der Waals surface area contributed by atoms with E-state index in [0.717, 1.165) is 38.7 Å². The maximum Gasteiger partial charge on any atom is 0.338 e. The van der Waals surface area contributed by atoms with Gasteiger partial charge in [-0.2, -0.15) is 0 Å². The molecule has 3 saturated carbocycles. The highest BCUT2D eigenvalue weighted by Gasteiger charge is 2.70. The van der Waals surface area contributed by atoms with Crippen molar-refractivity contribution >= 4 is 28.9 Å². The SMILES string of the molecule is CCOC(=O)C1=C(CC(C)CCCC(=O)C(C)C23CC(COC)(C2)C3)NC(c2nccs2)=N[C@H]1c1cccc(F)c1C. The van der Waals surface area contributed by atoms with E-state index in [-0.39, 0.29) is 29.7 Å². The lowest BCUT2D eigenvalue weighted by Crippen LogP contribution is -2.67. The molecule has 0 radical (unpaired) electrons. The second-order valence-corrected chi connectivity index (χ2v) is 13.5. The smallest absolute Gasteiger partial charge is 0.338 e. The summed E-state index contributed by atoms with van der Waals surface area (Å²) in [6.07, 6.45) is 7.82. The zero-order chi connectivity index (χ0) is 30.1. The van der Waals surface area contributed by atoms with Gasteiger partial charge in [0, 0.05) is 36.7 Å². The molecule has 4 aliphatic rings. The van der Waals surface area contributed by atoms with E-state index in [4.69, 9.17) is 14.5 Å². The van der Waals surface area contributed by atoms with Crippen molar-refractivity contribution in [3.63, 3.8) is 0 Å². The summed E-state index contributed by atoms with van der Waals surface area (Å²) in [6, 6.07) is 4.15. The number of nitrogens with zero attached hydrogens (tertiary/aromatic N) is 2. The second kappa shape index (κ2) is 12.4. The maximum atomic E-state index is 14.7. The number of ketones is 1. The second-order valence-electron chi connectivity index (χ2n) is 12.6. The Morgan fingerprint density at radius 2 is 2.00 bits per heavy atom. The van der Waals surface area contributed by atoms with Crippen molar-refractivity contribution in [1.29, 1.82) is 0 Å². The van der Waals surface area contributed by atoms with Gasteiger partial charge < -0.3 is 14.8 Å². The molecule has 7 nitrogen and oxygen atoms in total. The van der Waals surface area contributed by atoms with Crippen molar-refractivity contribution < 1.29 is 23.5 Å². The number of allylic oxidation sites excluding steroid dienone is 1. The van der Waals surface area contributed by atoms with Crippen LogP contribution in [0, 0.1) is 35.4 Å². The summed E-state index contributed by atoms with van der Waals surface area (Å²) in [5.74, 6) is 0.387. The summed E-state index contributed by atoms with van der Waals surface area (Å²) >= 11 is 1.45. The molecule has 1 N–H and O–H groups in total. The summed E-state index contributed by atoms with van der Waals surface area (Å²) in [7, 11) is 1.76. The standard InChI is InChI=1S/C33H42FN3O4S/c1-6-41-31(39)27-25(15-20(2)9-7-12-26(38)22(4)33-16-32(17-33,18-33)19-40-5)36-29(30-35-13-14-42-30)37-28(27)23-10-8-11-24(34)21(23)3/h8,10-11,13-14,20,22,28H,6-7,9,12,15-19H2,1-5H3,(H,36,37)/t20?,22?,28-,32?,33?/m0/s1. The molecule has 3 fully saturated rings. The number of benzene rings is 1. The highest BCUT2D eigenvalue weighted by molar-refractivity contribution is 7.11. The van der Waals surface area contributed by atoms with Crippen LogP contribution in [0.25, 0.3) is 0 Å². The quantitative estimate of drug-likeness (QED) is 0.244. The van der Waals surface area contributed by atoms with Crippen LogP contribution in [-0.4, -0.2) is 42.9 Å². The number of carbonyl (C=O) groups excluding carboxylic acids is 2. The van der Waals surface area contributed by atoms with Crippen LogP contribution in [0.1, 0.15) is 87.9 Å². The van der Waals surface area contributed by atoms with Gasteiger partial charge in [0.15, 0.2) is 10.8 Å². The van der Waals surface area contributed by atoms with Crippen LogP contribution in [0.4, 0.5) is 4.39 Å². The topological polar surface area (TPSA) is 89.9 Å². The first-order chi connectivity index (χ1) is 20.1. The van der Waals surface area contributed by atoms with E-state index < -0.39 is 12.0 Å². The number of Topliss-reactive ketones (excluding diaryl/α,β-unsaturated/α-hetero) is 1. The van der Waals surface area contributed by atoms with E-state index >= 15 is 0 Å². The largest absolute Gasteiger partial charge is 0.463 e. The molecule has 0 spiro atoms. The normalized spacial score (nSPS) is 26.0. The number of esters is 1. The number of aliphatic imine (C=N–C) groups is 1. The molecule has 2 bridgehead atoms. The third-order valence-electron chi connectivity index (χ3n) is 9.57. The Kier molecular flexibility index (Phi) is 8.99. The predicted molar refractivity (Wildman–Crippen MR) is 162 cm³/mol. The van der Waals surface area contributed by atoms with Gasteiger partial charge in [0.25, 0.3) is 0 Å². The molecule has 226 valence electrons. The zero-order valence-electron chi connectivity index (χ0n) is 25.3. The molecule has 1 aromatic carbocycles. The van der Waals surface area contributed by atoms with Gasteiger partial charge in [-0.1, -0.05) is 26.0 Å². The van der Waals surface area contributed by atoms with Gasteiger partial charge in [0.2, 0.25) is 0 Å². The summed E-state index contributed by atoms with van der Waals surface area (Å²) in [4.78, 5) is 35.8. The number of hydrogen-bond acceptors (Lipinski definition) is 8. The number of nitrogens with one attached hydrogen (secondary N) is 1. The monoisotopic (exact) mass is 595 g/mol. The Balaban J connectivity index is 1.30.